The molecule has 0 heterocycles. The van der Waals surface area contributed by atoms with Crippen molar-refractivity contribution in [3.63, 3.8) is 0 Å². The van der Waals surface area contributed by atoms with Gasteiger partial charge in [0, 0.05) is 19.5 Å². The molecule has 428 valence electrons. The number of hydrogen-bond acceptors (Lipinski definition) is 3. The first kappa shape index (κ1) is 70.7. The normalized spacial score (nSPS) is 12.1. The van der Waals surface area contributed by atoms with E-state index in [1.54, 1.807) is 0 Å². The molecule has 0 saturated heterocycles. The summed E-state index contributed by atoms with van der Waals surface area (Å²) in [4.78, 5) is 29.5. The van der Waals surface area contributed by atoms with E-state index in [0.717, 1.165) is 58.0 Å². The second-order valence-electron chi connectivity index (χ2n) is 23.3. The highest BCUT2D eigenvalue weighted by atomic mass is 16.5. The monoisotopic (exact) mass is 1010 g/mol. The van der Waals surface area contributed by atoms with Gasteiger partial charge in [0.2, 0.25) is 5.91 Å². The van der Waals surface area contributed by atoms with Crippen LogP contribution in [0.5, 0.6) is 0 Å². The van der Waals surface area contributed by atoms with Gasteiger partial charge in [-0.05, 0) is 51.4 Å². The van der Waals surface area contributed by atoms with Crippen molar-refractivity contribution in [3.05, 3.63) is 12.2 Å². The number of carbonyl (C=O) groups excluding carboxylic acids is 2. The maximum absolute atomic E-state index is 13.9. The summed E-state index contributed by atoms with van der Waals surface area (Å²) in [5.41, 5.74) is 0. The molecule has 0 saturated carbocycles. The Morgan fingerprint density at radius 1 is 0.319 bits per heavy atom. The molecule has 1 atom stereocenters. The maximum Gasteiger partial charge on any atom is 0.309 e. The van der Waals surface area contributed by atoms with Gasteiger partial charge < -0.3 is 9.64 Å². The predicted molar refractivity (Wildman–Crippen MR) is 321 cm³/mol. The molecule has 0 spiro atoms. The van der Waals surface area contributed by atoms with Gasteiger partial charge >= 0.3 is 5.97 Å². The van der Waals surface area contributed by atoms with Gasteiger partial charge in [0.1, 0.15) is 0 Å². The molecule has 0 aliphatic rings. The van der Waals surface area contributed by atoms with Crippen LogP contribution < -0.4 is 0 Å². The van der Waals surface area contributed by atoms with Gasteiger partial charge in [0.25, 0.3) is 0 Å². The number of ether oxygens (including phenoxy) is 1. The lowest BCUT2D eigenvalue weighted by Crippen LogP contribution is -2.35. The Hall–Kier alpha value is -1.32. The third-order valence-corrected chi connectivity index (χ3v) is 16.0. The zero-order valence-corrected chi connectivity index (χ0v) is 50.1. The van der Waals surface area contributed by atoms with Crippen LogP contribution >= 0.6 is 0 Å². The van der Waals surface area contributed by atoms with E-state index in [-0.39, 0.29) is 17.8 Å². The van der Waals surface area contributed by atoms with Crippen molar-refractivity contribution in [1.29, 1.82) is 0 Å². The van der Waals surface area contributed by atoms with Gasteiger partial charge in [-0.3, -0.25) is 9.59 Å². The highest BCUT2D eigenvalue weighted by Gasteiger charge is 2.26. The minimum absolute atomic E-state index is 0.123. The van der Waals surface area contributed by atoms with E-state index < -0.39 is 0 Å². The van der Waals surface area contributed by atoms with Crippen molar-refractivity contribution in [3.8, 4) is 0 Å². The van der Waals surface area contributed by atoms with Crippen LogP contribution in [0.3, 0.4) is 0 Å². The zero-order valence-electron chi connectivity index (χ0n) is 50.1. The molecule has 1 unspecified atom stereocenters. The zero-order chi connectivity index (χ0) is 52.2. The standard InChI is InChI=1S/C68H133NO3/c1-5-9-13-17-21-22-23-24-25-26-27-28-29-30-31-32-33-34-35-36-37-38-39-40-41-42-43-44-45-46-47-48-49-50-51-52-53-57-61-66(68(71)72-64-60-56-20-16-12-8-4)65-67(70)69(62-58-54-18-14-10-6-2)63-59-55-19-15-11-7-3/h47-48,66H,5-46,49-65H2,1-4H3/b48-47+. The van der Waals surface area contributed by atoms with E-state index in [9.17, 15) is 9.59 Å². The largest absolute Gasteiger partial charge is 0.465 e. The molecular weight excluding hydrogens is 879 g/mol. The smallest absolute Gasteiger partial charge is 0.309 e. The SMILES string of the molecule is CCCCCCCCCCCCCCCCCCCCCCCCCCCCCCC/C=C/CCCCCCCC(CC(=O)N(CCCCCCCC)CCCCCCCC)C(=O)OCCCCCCCC. The average Bonchev–Trinajstić information content (AvgIpc) is 3.38. The van der Waals surface area contributed by atoms with E-state index in [1.807, 2.05) is 0 Å². The maximum atomic E-state index is 13.9. The molecule has 0 aliphatic heterocycles. The fourth-order valence-electron chi connectivity index (χ4n) is 10.9. The molecule has 4 nitrogen and oxygen atoms in total. The molecule has 0 aromatic carbocycles. The van der Waals surface area contributed by atoms with Crippen molar-refractivity contribution >= 4 is 11.9 Å². The van der Waals surface area contributed by atoms with Gasteiger partial charge in [0.05, 0.1) is 12.5 Å². The summed E-state index contributed by atoms with van der Waals surface area (Å²) in [5, 5.41) is 0. The van der Waals surface area contributed by atoms with Gasteiger partial charge in [-0.1, -0.05) is 342 Å². The van der Waals surface area contributed by atoms with E-state index in [1.165, 1.54) is 308 Å². The quantitative estimate of drug-likeness (QED) is 0.0346. The number of hydrogen-bond donors (Lipinski definition) is 0. The third-order valence-electron chi connectivity index (χ3n) is 16.0. The van der Waals surface area contributed by atoms with Crippen molar-refractivity contribution in [2.75, 3.05) is 19.7 Å². The molecule has 1 amide bonds. The van der Waals surface area contributed by atoms with Gasteiger partial charge in [-0.25, -0.2) is 0 Å². The Morgan fingerprint density at radius 3 is 0.875 bits per heavy atom. The summed E-state index contributed by atoms with van der Waals surface area (Å²) < 4.78 is 5.87. The minimum atomic E-state index is -0.301. The summed E-state index contributed by atoms with van der Waals surface area (Å²) in [7, 11) is 0. The van der Waals surface area contributed by atoms with Crippen LogP contribution in [0.25, 0.3) is 0 Å². The van der Waals surface area contributed by atoms with Crippen LogP contribution in [0.1, 0.15) is 387 Å². The molecule has 4 heteroatoms. The fraction of sp³-hybridized carbons (Fsp3) is 0.941. The number of carbonyl (C=O) groups is 2. The van der Waals surface area contributed by atoms with E-state index in [4.69, 9.17) is 4.74 Å². The second-order valence-corrected chi connectivity index (χ2v) is 23.3. The highest BCUT2D eigenvalue weighted by Crippen LogP contribution is 2.22. The molecule has 72 heavy (non-hydrogen) atoms. The van der Waals surface area contributed by atoms with Crippen molar-refractivity contribution in [2.45, 2.75) is 387 Å². The van der Waals surface area contributed by atoms with Crippen LogP contribution in [0.15, 0.2) is 12.2 Å². The van der Waals surface area contributed by atoms with Crippen molar-refractivity contribution in [1.82, 2.24) is 4.90 Å². The second kappa shape index (κ2) is 62.2. The van der Waals surface area contributed by atoms with Crippen LogP contribution in [0, 0.1) is 5.92 Å². The molecule has 0 radical (unpaired) electrons. The van der Waals surface area contributed by atoms with E-state index in [2.05, 4.69) is 44.7 Å². The summed E-state index contributed by atoms with van der Waals surface area (Å²) in [6.45, 7) is 11.3. The first-order valence-corrected chi connectivity index (χ1v) is 33.7. The molecule has 0 aromatic rings. The van der Waals surface area contributed by atoms with Crippen LogP contribution in [0.2, 0.25) is 0 Å². The molecule has 0 aromatic heterocycles. The molecule has 0 bridgehead atoms. The van der Waals surface area contributed by atoms with Gasteiger partial charge in [0.15, 0.2) is 0 Å². The Kier molecular flexibility index (Phi) is 61.1. The highest BCUT2D eigenvalue weighted by molar-refractivity contribution is 5.83. The van der Waals surface area contributed by atoms with Crippen LogP contribution in [-0.2, 0) is 14.3 Å². The predicted octanol–water partition coefficient (Wildman–Crippen LogP) is 23.5. The number of esters is 1. The molecule has 0 aliphatic carbocycles. The van der Waals surface area contributed by atoms with Crippen molar-refractivity contribution in [2.24, 2.45) is 5.92 Å². The molecule has 0 rings (SSSR count). The Bertz CT molecular complexity index is 1060. The fourth-order valence-corrected chi connectivity index (χ4v) is 10.9. The lowest BCUT2D eigenvalue weighted by Gasteiger charge is -2.25. The van der Waals surface area contributed by atoms with Gasteiger partial charge in [-0.2, -0.15) is 0 Å². The third kappa shape index (κ3) is 54.9. The van der Waals surface area contributed by atoms with E-state index in [0.29, 0.717) is 13.0 Å². The lowest BCUT2D eigenvalue weighted by molar-refractivity contribution is -0.152. The Morgan fingerprint density at radius 2 is 0.569 bits per heavy atom. The van der Waals surface area contributed by atoms with Crippen molar-refractivity contribution < 1.29 is 14.3 Å². The number of allylic oxidation sites excluding steroid dienone is 2. The van der Waals surface area contributed by atoms with Gasteiger partial charge in [-0.15, -0.1) is 0 Å². The first-order valence-electron chi connectivity index (χ1n) is 33.7. The summed E-state index contributed by atoms with van der Waals surface area (Å²) in [6.07, 6.45) is 78.3. The molecule has 0 fully saturated rings. The van der Waals surface area contributed by atoms with Crippen LogP contribution in [0.4, 0.5) is 0 Å². The summed E-state index contributed by atoms with van der Waals surface area (Å²) in [5.74, 6) is -0.241. The average molecular weight is 1010 g/mol. The topological polar surface area (TPSA) is 46.6 Å². The van der Waals surface area contributed by atoms with E-state index >= 15 is 0 Å². The Balaban J connectivity index is 4.04. The number of amides is 1. The first-order chi connectivity index (χ1) is 35.6. The van der Waals surface area contributed by atoms with Crippen LogP contribution in [-0.4, -0.2) is 36.5 Å². The number of unbranched alkanes of at least 4 members (excludes halogenated alkanes) is 49. The lowest BCUT2D eigenvalue weighted by atomic mass is 9.96. The molecular formula is C68H133NO3. The number of rotatable bonds is 62. The summed E-state index contributed by atoms with van der Waals surface area (Å²) in [6, 6.07) is 0. The minimum Gasteiger partial charge on any atom is -0.465 e. The number of nitrogens with zero attached hydrogens (tertiary/aromatic N) is 1. The molecule has 0 N–H and O–H groups in total. The summed E-state index contributed by atoms with van der Waals surface area (Å²) >= 11 is 0. The Labute approximate surface area is 454 Å².